The molecular formula is C22H21ClN4O4S. The molecule has 0 spiro atoms. The van der Waals surface area contributed by atoms with Gasteiger partial charge >= 0.3 is 0 Å². The fourth-order valence-electron chi connectivity index (χ4n) is 3.63. The molecule has 0 unspecified atom stereocenters. The molecule has 1 aromatic heterocycles. The van der Waals surface area contributed by atoms with Gasteiger partial charge in [0.25, 0.3) is 0 Å². The van der Waals surface area contributed by atoms with E-state index in [-0.39, 0.29) is 23.1 Å². The molecule has 32 heavy (non-hydrogen) atoms. The van der Waals surface area contributed by atoms with Crippen LogP contribution in [0.15, 0.2) is 53.6 Å². The molecule has 0 saturated carbocycles. The fourth-order valence-corrected chi connectivity index (χ4v) is 4.31. The SMILES string of the molecule is Cc1cnc(C)c(Oc2cc(Cl)ccc2[C@H]2CC(=O)N(c3ccc(S(N)(=O)=O)cc3)C2)n1. The number of nitrogens with two attached hydrogens (primary N) is 1. The number of carbonyl (C=O) groups is 1. The highest BCUT2D eigenvalue weighted by Crippen LogP contribution is 2.39. The van der Waals surface area contributed by atoms with Gasteiger partial charge in [0, 0.05) is 41.4 Å². The zero-order chi connectivity index (χ0) is 23.0. The molecule has 4 rings (SSSR count). The van der Waals surface area contributed by atoms with Gasteiger partial charge in [-0.1, -0.05) is 17.7 Å². The number of carbonyl (C=O) groups excluding carboxylic acids is 1. The van der Waals surface area contributed by atoms with Gasteiger partial charge in [-0.05, 0) is 50.2 Å². The molecule has 1 fully saturated rings. The number of aryl methyl sites for hydroxylation is 2. The summed E-state index contributed by atoms with van der Waals surface area (Å²) in [7, 11) is -3.80. The molecular weight excluding hydrogens is 452 g/mol. The number of hydrogen-bond donors (Lipinski definition) is 1. The number of sulfonamides is 1. The lowest BCUT2D eigenvalue weighted by atomic mass is 9.97. The number of ether oxygens (including phenoxy) is 1. The summed E-state index contributed by atoms with van der Waals surface area (Å²) >= 11 is 6.21. The van der Waals surface area contributed by atoms with Crippen LogP contribution in [0.3, 0.4) is 0 Å². The van der Waals surface area contributed by atoms with E-state index in [1.54, 1.807) is 42.3 Å². The van der Waals surface area contributed by atoms with E-state index in [1.807, 2.05) is 13.0 Å². The van der Waals surface area contributed by atoms with Gasteiger partial charge in [0.2, 0.25) is 21.8 Å². The van der Waals surface area contributed by atoms with Crippen molar-refractivity contribution >= 4 is 33.2 Å². The maximum Gasteiger partial charge on any atom is 0.241 e. The molecule has 8 nitrogen and oxygen atoms in total. The predicted octanol–water partition coefficient (Wildman–Crippen LogP) is 3.71. The summed E-state index contributed by atoms with van der Waals surface area (Å²) < 4.78 is 29.1. The van der Waals surface area contributed by atoms with Gasteiger partial charge in [-0.15, -0.1) is 0 Å². The Morgan fingerprint density at radius 1 is 1.16 bits per heavy atom. The van der Waals surface area contributed by atoms with E-state index in [0.717, 1.165) is 11.3 Å². The first-order chi connectivity index (χ1) is 15.1. The number of rotatable bonds is 5. The number of primary sulfonamides is 1. The second-order valence-corrected chi connectivity index (χ2v) is 9.63. The second-order valence-electron chi connectivity index (χ2n) is 7.63. The van der Waals surface area contributed by atoms with Crippen LogP contribution in [0.1, 0.15) is 29.3 Å². The summed E-state index contributed by atoms with van der Waals surface area (Å²) in [5.41, 5.74) is 2.79. The van der Waals surface area contributed by atoms with E-state index in [2.05, 4.69) is 9.97 Å². The van der Waals surface area contributed by atoms with Crippen LogP contribution < -0.4 is 14.8 Å². The molecule has 1 aliphatic rings. The van der Waals surface area contributed by atoms with E-state index in [9.17, 15) is 13.2 Å². The molecule has 1 aliphatic heterocycles. The first-order valence-corrected chi connectivity index (χ1v) is 11.7. The van der Waals surface area contributed by atoms with Crippen LogP contribution in [0, 0.1) is 13.8 Å². The summed E-state index contributed by atoms with van der Waals surface area (Å²) in [4.78, 5) is 23.1. The van der Waals surface area contributed by atoms with Crippen molar-refractivity contribution in [1.29, 1.82) is 0 Å². The molecule has 3 aromatic rings. The van der Waals surface area contributed by atoms with Crippen LogP contribution in [-0.4, -0.2) is 30.8 Å². The Morgan fingerprint density at radius 3 is 2.56 bits per heavy atom. The maximum absolute atomic E-state index is 12.8. The third-order valence-corrected chi connectivity index (χ3v) is 6.42. The third-order valence-electron chi connectivity index (χ3n) is 5.26. The Kier molecular flexibility index (Phi) is 5.89. The quantitative estimate of drug-likeness (QED) is 0.605. The van der Waals surface area contributed by atoms with Crippen LogP contribution in [0.25, 0.3) is 0 Å². The van der Waals surface area contributed by atoms with Crippen LogP contribution in [0.5, 0.6) is 11.6 Å². The van der Waals surface area contributed by atoms with Crippen LogP contribution in [0.4, 0.5) is 5.69 Å². The smallest absolute Gasteiger partial charge is 0.241 e. The molecule has 2 aromatic carbocycles. The minimum atomic E-state index is -3.80. The highest BCUT2D eigenvalue weighted by molar-refractivity contribution is 7.89. The van der Waals surface area contributed by atoms with Crippen LogP contribution in [0.2, 0.25) is 5.02 Å². The molecule has 1 atom stereocenters. The minimum absolute atomic E-state index is 0.00697. The maximum atomic E-state index is 12.8. The summed E-state index contributed by atoms with van der Waals surface area (Å²) in [6, 6.07) is 11.2. The second kappa shape index (κ2) is 8.50. The standard InChI is InChI=1S/C22H21ClN4O4S/c1-13-11-25-14(2)22(26-13)31-20-10-16(23)3-8-19(20)15-9-21(28)27(12-15)17-4-6-18(7-5-17)32(24,29)30/h3-8,10-11,15H,9,12H2,1-2H3,(H2,24,29,30)/t15-/m0/s1. The van der Waals surface area contributed by atoms with E-state index in [4.69, 9.17) is 21.5 Å². The van der Waals surface area contributed by atoms with Crippen molar-refractivity contribution in [3.8, 4) is 11.6 Å². The largest absolute Gasteiger partial charge is 0.437 e. The normalized spacial score (nSPS) is 16.4. The molecule has 1 saturated heterocycles. The number of amides is 1. The van der Waals surface area contributed by atoms with E-state index < -0.39 is 10.0 Å². The Labute approximate surface area is 191 Å². The Bertz CT molecular complexity index is 1300. The van der Waals surface area contributed by atoms with Crippen LogP contribution >= 0.6 is 11.6 Å². The van der Waals surface area contributed by atoms with Crippen molar-refractivity contribution in [1.82, 2.24) is 9.97 Å². The van der Waals surface area contributed by atoms with Crippen molar-refractivity contribution in [3.63, 3.8) is 0 Å². The molecule has 166 valence electrons. The minimum Gasteiger partial charge on any atom is -0.437 e. The van der Waals surface area contributed by atoms with E-state index >= 15 is 0 Å². The highest BCUT2D eigenvalue weighted by Gasteiger charge is 2.33. The first kappa shape index (κ1) is 22.2. The van der Waals surface area contributed by atoms with Gasteiger partial charge in [0.15, 0.2) is 0 Å². The third kappa shape index (κ3) is 4.59. The van der Waals surface area contributed by atoms with Crippen molar-refractivity contribution in [2.75, 3.05) is 11.4 Å². The van der Waals surface area contributed by atoms with Gasteiger partial charge in [0.1, 0.15) is 5.75 Å². The van der Waals surface area contributed by atoms with Gasteiger partial charge < -0.3 is 9.64 Å². The van der Waals surface area contributed by atoms with Gasteiger partial charge in [-0.3, -0.25) is 9.78 Å². The Balaban J connectivity index is 1.62. The van der Waals surface area contributed by atoms with Gasteiger partial charge in [-0.2, -0.15) is 0 Å². The summed E-state index contributed by atoms with van der Waals surface area (Å²) in [6.07, 6.45) is 1.93. The zero-order valence-corrected chi connectivity index (χ0v) is 19.0. The number of nitrogens with zero attached hydrogens (tertiary/aromatic N) is 3. The van der Waals surface area contributed by atoms with Gasteiger partial charge in [0.05, 0.1) is 16.3 Å². The van der Waals surface area contributed by atoms with E-state index in [0.29, 0.717) is 34.6 Å². The molecule has 0 aliphatic carbocycles. The molecule has 10 heteroatoms. The molecule has 1 amide bonds. The Hall–Kier alpha value is -3.01. The summed E-state index contributed by atoms with van der Waals surface area (Å²) in [5.74, 6) is 0.676. The first-order valence-electron chi connectivity index (χ1n) is 9.82. The summed E-state index contributed by atoms with van der Waals surface area (Å²) in [5, 5.41) is 5.66. The van der Waals surface area contributed by atoms with Crippen molar-refractivity contribution < 1.29 is 17.9 Å². The van der Waals surface area contributed by atoms with Crippen LogP contribution in [-0.2, 0) is 14.8 Å². The van der Waals surface area contributed by atoms with Crippen molar-refractivity contribution in [2.24, 2.45) is 5.14 Å². The Morgan fingerprint density at radius 2 is 1.88 bits per heavy atom. The molecule has 2 heterocycles. The lowest BCUT2D eigenvalue weighted by Crippen LogP contribution is -2.24. The van der Waals surface area contributed by atoms with Crippen molar-refractivity contribution in [2.45, 2.75) is 31.1 Å². The fraction of sp³-hybridized carbons (Fsp3) is 0.227. The number of anilines is 1. The monoisotopic (exact) mass is 472 g/mol. The number of aromatic nitrogens is 2. The number of benzene rings is 2. The molecule has 0 radical (unpaired) electrons. The predicted molar refractivity (Wildman–Crippen MR) is 121 cm³/mol. The average Bonchev–Trinajstić information content (AvgIpc) is 3.11. The topological polar surface area (TPSA) is 115 Å². The molecule has 2 N–H and O–H groups in total. The van der Waals surface area contributed by atoms with Crippen molar-refractivity contribution in [3.05, 3.63) is 70.6 Å². The lowest BCUT2D eigenvalue weighted by Gasteiger charge is -2.19. The molecule has 0 bridgehead atoms. The lowest BCUT2D eigenvalue weighted by molar-refractivity contribution is -0.117. The van der Waals surface area contributed by atoms with Gasteiger partial charge in [-0.25, -0.2) is 18.5 Å². The number of halogens is 1. The average molecular weight is 473 g/mol. The zero-order valence-electron chi connectivity index (χ0n) is 17.4. The van der Waals surface area contributed by atoms with E-state index in [1.165, 1.54) is 12.1 Å². The number of hydrogen-bond acceptors (Lipinski definition) is 6. The highest BCUT2D eigenvalue weighted by atomic mass is 35.5. The summed E-state index contributed by atoms with van der Waals surface area (Å²) in [6.45, 7) is 4.04.